The van der Waals surface area contributed by atoms with E-state index in [2.05, 4.69) is 25.5 Å². The molecule has 0 saturated heterocycles. The predicted molar refractivity (Wildman–Crippen MR) is 90.7 cm³/mol. The largest absolute Gasteiger partial charge is 0.323 e. The Labute approximate surface area is 136 Å². The second-order valence-electron chi connectivity index (χ2n) is 5.25. The fraction of sp³-hybridized carbons (Fsp3) is 0.125. The maximum absolute atomic E-state index is 12.3. The van der Waals surface area contributed by atoms with Gasteiger partial charge in [0.2, 0.25) is 5.95 Å². The maximum Gasteiger partial charge on any atom is 0.263 e. The molecule has 3 heterocycles. The van der Waals surface area contributed by atoms with Crippen LogP contribution in [0.15, 0.2) is 53.7 Å². The van der Waals surface area contributed by atoms with Gasteiger partial charge in [-0.05, 0) is 19.1 Å². The summed E-state index contributed by atoms with van der Waals surface area (Å²) in [5, 5.41) is 12.0. The van der Waals surface area contributed by atoms with Gasteiger partial charge in [0, 0.05) is 12.7 Å². The van der Waals surface area contributed by atoms with Crippen LogP contribution in [0, 0.1) is 0 Å². The summed E-state index contributed by atoms with van der Waals surface area (Å²) in [5.74, 6) is 0.348. The van der Waals surface area contributed by atoms with Gasteiger partial charge in [0.05, 0.1) is 23.8 Å². The Morgan fingerprint density at radius 3 is 2.75 bits per heavy atom. The molecule has 4 aromatic rings. The molecule has 120 valence electrons. The normalized spacial score (nSPS) is 11.0. The van der Waals surface area contributed by atoms with Gasteiger partial charge in [0.1, 0.15) is 5.39 Å². The smallest absolute Gasteiger partial charge is 0.263 e. The summed E-state index contributed by atoms with van der Waals surface area (Å²) < 4.78 is 3.43. The summed E-state index contributed by atoms with van der Waals surface area (Å²) in [4.78, 5) is 19.5. The SMILES string of the molecule is CCn1cc(Nc2nc3c(cnn3-c3ccccc3)c(=O)[nH]2)cn1. The van der Waals surface area contributed by atoms with Crippen LogP contribution in [0.2, 0.25) is 0 Å². The summed E-state index contributed by atoms with van der Waals surface area (Å²) in [6, 6.07) is 9.57. The van der Waals surface area contributed by atoms with Gasteiger partial charge in [-0.1, -0.05) is 18.2 Å². The van der Waals surface area contributed by atoms with Crippen molar-refractivity contribution in [1.82, 2.24) is 29.5 Å². The first-order chi connectivity index (χ1) is 11.7. The van der Waals surface area contributed by atoms with Gasteiger partial charge in [0.25, 0.3) is 5.56 Å². The van der Waals surface area contributed by atoms with Crippen LogP contribution in [0.1, 0.15) is 6.92 Å². The van der Waals surface area contributed by atoms with E-state index in [0.29, 0.717) is 17.0 Å². The Morgan fingerprint density at radius 1 is 1.17 bits per heavy atom. The van der Waals surface area contributed by atoms with E-state index in [9.17, 15) is 4.79 Å². The standard InChI is InChI=1S/C16H15N7O/c1-2-22-10-11(8-17-22)19-16-20-14-13(15(24)21-16)9-18-23(14)12-6-4-3-5-7-12/h3-10H,2H2,1H3,(H2,19,20,21,24). The number of nitrogens with zero attached hydrogens (tertiary/aromatic N) is 5. The molecule has 0 atom stereocenters. The van der Waals surface area contributed by atoms with E-state index in [1.54, 1.807) is 15.6 Å². The van der Waals surface area contributed by atoms with E-state index in [-0.39, 0.29) is 5.56 Å². The van der Waals surface area contributed by atoms with Crippen molar-refractivity contribution in [2.45, 2.75) is 13.5 Å². The van der Waals surface area contributed by atoms with E-state index in [1.165, 1.54) is 6.20 Å². The highest BCUT2D eigenvalue weighted by molar-refractivity contribution is 5.76. The molecule has 1 aromatic carbocycles. The third kappa shape index (κ3) is 2.43. The molecular weight excluding hydrogens is 306 g/mol. The second-order valence-corrected chi connectivity index (χ2v) is 5.25. The van der Waals surface area contributed by atoms with Crippen molar-refractivity contribution in [2.75, 3.05) is 5.32 Å². The first-order valence-corrected chi connectivity index (χ1v) is 7.57. The highest BCUT2D eigenvalue weighted by atomic mass is 16.1. The minimum absolute atomic E-state index is 0.243. The Balaban J connectivity index is 1.79. The van der Waals surface area contributed by atoms with E-state index in [1.807, 2.05) is 43.5 Å². The zero-order valence-electron chi connectivity index (χ0n) is 13.0. The van der Waals surface area contributed by atoms with Crippen LogP contribution in [0.4, 0.5) is 11.6 Å². The molecule has 4 rings (SSSR count). The van der Waals surface area contributed by atoms with E-state index >= 15 is 0 Å². The quantitative estimate of drug-likeness (QED) is 0.600. The number of aromatic amines is 1. The Hall–Kier alpha value is -3.42. The zero-order valence-corrected chi connectivity index (χ0v) is 13.0. The van der Waals surface area contributed by atoms with Crippen molar-refractivity contribution in [1.29, 1.82) is 0 Å². The number of anilines is 2. The molecule has 2 N–H and O–H groups in total. The van der Waals surface area contributed by atoms with Crippen LogP contribution in [0.25, 0.3) is 16.7 Å². The monoisotopic (exact) mass is 321 g/mol. The first kappa shape index (κ1) is 14.2. The molecule has 0 radical (unpaired) electrons. The number of hydrogen-bond acceptors (Lipinski definition) is 5. The highest BCUT2D eigenvalue weighted by Crippen LogP contribution is 2.16. The van der Waals surface area contributed by atoms with Crippen LogP contribution in [0.5, 0.6) is 0 Å². The van der Waals surface area contributed by atoms with Crippen molar-refractivity contribution in [3.05, 3.63) is 59.3 Å². The van der Waals surface area contributed by atoms with Crippen molar-refractivity contribution >= 4 is 22.7 Å². The first-order valence-electron chi connectivity index (χ1n) is 7.57. The highest BCUT2D eigenvalue weighted by Gasteiger charge is 2.11. The number of benzene rings is 1. The number of rotatable bonds is 4. The molecule has 8 heteroatoms. The molecule has 0 fully saturated rings. The molecular formula is C16H15N7O. The predicted octanol–water partition coefficient (Wildman–Crippen LogP) is 2.07. The van der Waals surface area contributed by atoms with Gasteiger partial charge in [-0.25, -0.2) is 4.68 Å². The Kier molecular flexibility index (Phi) is 3.34. The van der Waals surface area contributed by atoms with Crippen LogP contribution in [-0.4, -0.2) is 29.5 Å². The van der Waals surface area contributed by atoms with Gasteiger partial charge < -0.3 is 5.32 Å². The van der Waals surface area contributed by atoms with Crippen molar-refractivity contribution in [2.24, 2.45) is 0 Å². The molecule has 0 aliphatic rings. The topological polar surface area (TPSA) is 93.4 Å². The summed E-state index contributed by atoms with van der Waals surface area (Å²) in [7, 11) is 0. The minimum Gasteiger partial charge on any atom is -0.323 e. The zero-order chi connectivity index (χ0) is 16.5. The Morgan fingerprint density at radius 2 is 2.00 bits per heavy atom. The van der Waals surface area contributed by atoms with Crippen molar-refractivity contribution < 1.29 is 0 Å². The fourth-order valence-corrected chi connectivity index (χ4v) is 2.47. The molecule has 8 nitrogen and oxygen atoms in total. The third-order valence-corrected chi connectivity index (χ3v) is 3.66. The van der Waals surface area contributed by atoms with Crippen LogP contribution in [0.3, 0.4) is 0 Å². The number of fused-ring (bicyclic) bond motifs is 1. The van der Waals surface area contributed by atoms with Gasteiger partial charge >= 0.3 is 0 Å². The fourth-order valence-electron chi connectivity index (χ4n) is 2.47. The number of hydrogen-bond donors (Lipinski definition) is 2. The maximum atomic E-state index is 12.3. The number of aromatic nitrogens is 6. The summed E-state index contributed by atoms with van der Waals surface area (Å²) in [5.41, 5.74) is 1.85. The summed E-state index contributed by atoms with van der Waals surface area (Å²) in [6.45, 7) is 2.77. The van der Waals surface area contributed by atoms with E-state index in [0.717, 1.165) is 17.9 Å². The van der Waals surface area contributed by atoms with E-state index < -0.39 is 0 Å². The molecule has 24 heavy (non-hydrogen) atoms. The molecule has 3 aromatic heterocycles. The lowest BCUT2D eigenvalue weighted by Gasteiger charge is -2.05. The average Bonchev–Trinajstić information content (AvgIpc) is 3.22. The molecule has 0 saturated carbocycles. The number of nitrogens with one attached hydrogen (secondary N) is 2. The second kappa shape index (κ2) is 5.65. The van der Waals surface area contributed by atoms with Crippen molar-refractivity contribution in [3.8, 4) is 5.69 Å². The molecule has 0 spiro atoms. The number of para-hydroxylation sites is 1. The van der Waals surface area contributed by atoms with Gasteiger partial charge in [-0.15, -0.1) is 0 Å². The number of aryl methyl sites for hydroxylation is 1. The van der Waals surface area contributed by atoms with Gasteiger partial charge in [-0.2, -0.15) is 15.2 Å². The third-order valence-electron chi connectivity index (χ3n) is 3.66. The average molecular weight is 321 g/mol. The lowest BCUT2D eigenvalue weighted by molar-refractivity contribution is 0.660. The summed E-state index contributed by atoms with van der Waals surface area (Å²) >= 11 is 0. The van der Waals surface area contributed by atoms with Gasteiger partial charge in [0.15, 0.2) is 5.65 Å². The van der Waals surface area contributed by atoms with Gasteiger partial charge in [-0.3, -0.25) is 14.5 Å². The van der Waals surface area contributed by atoms with E-state index in [4.69, 9.17) is 0 Å². The lowest BCUT2D eigenvalue weighted by atomic mass is 10.3. The minimum atomic E-state index is -0.243. The molecule has 0 aliphatic heterocycles. The molecule has 0 unspecified atom stereocenters. The van der Waals surface area contributed by atoms with Crippen LogP contribution >= 0.6 is 0 Å². The summed E-state index contributed by atoms with van der Waals surface area (Å²) in [6.07, 6.45) is 5.05. The van der Waals surface area contributed by atoms with Crippen LogP contribution in [-0.2, 0) is 6.54 Å². The molecule has 0 amide bonds. The van der Waals surface area contributed by atoms with Crippen LogP contribution < -0.4 is 10.9 Å². The number of H-pyrrole nitrogens is 1. The Bertz CT molecular complexity index is 1050. The lowest BCUT2D eigenvalue weighted by Crippen LogP contribution is -2.11. The van der Waals surface area contributed by atoms with Crippen molar-refractivity contribution in [3.63, 3.8) is 0 Å². The molecule has 0 aliphatic carbocycles. The molecule has 0 bridgehead atoms.